The van der Waals surface area contributed by atoms with Gasteiger partial charge in [-0.2, -0.15) is 0 Å². The van der Waals surface area contributed by atoms with Gasteiger partial charge in [0.2, 0.25) is 23.7 Å². The Hall–Kier alpha value is -3.75. The largest absolute Gasteiger partial charge is 0.378 e. The maximum atomic E-state index is 13.1. The van der Waals surface area contributed by atoms with Crippen LogP contribution in [0.25, 0.3) is 21.6 Å². The second kappa shape index (κ2) is 11.0. The predicted octanol–water partition coefficient (Wildman–Crippen LogP) is 0.749. The molecule has 1 atom stereocenters. The monoisotopic (exact) mass is 565 g/mol. The Bertz CT molecular complexity index is 1430. The average molecular weight is 566 g/mol. The van der Waals surface area contributed by atoms with E-state index in [4.69, 9.17) is 20.4 Å². The summed E-state index contributed by atoms with van der Waals surface area (Å²) in [5.41, 5.74) is 7.24. The number of likely N-dealkylation sites (tertiary alicyclic amines) is 1. The molecule has 3 aliphatic heterocycles. The smallest absolute Gasteiger partial charge is 0.245 e. The number of nitrogens with zero attached hydrogens (tertiary/aromatic N) is 8. The summed E-state index contributed by atoms with van der Waals surface area (Å²) in [6, 6.07) is 1.44. The quantitative estimate of drug-likeness (QED) is 0.467. The molecule has 40 heavy (non-hydrogen) atoms. The lowest BCUT2D eigenvalue weighted by atomic mass is 10.1. The van der Waals surface area contributed by atoms with Gasteiger partial charge in [0.05, 0.1) is 29.0 Å². The number of anilines is 2. The summed E-state index contributed by atoms with van der Waals surface area (Å²) in [5, 5.41) is 0. The van der Waals surface area contributed by atoms with Crippen molar-refractivity contribution in [2.75, 3.05) is 63.1 Å². The van der Waals surface area contributed by atoms with Crippen molar-refractivity contribution in [2.24, 2.45) is 0 Å². The van der Waals surface area contributed by atoms with Gasteiger partial charge in [0.25, 0.3) is 0 Å². The lowest BCUT2D eigenvalue weighted by Crippen LogP contribution is -2.54. The van der Waals surface area contributed by atoms with Crippen LogP contribution < -0.4 is 10.6 Å². The summed E-state index contributed by atoms with van der Waals surface area (Å²) in [7, 11) is 0. The van der Waals surface area contributed by atoms with Crippen LogP contribution in [0.1, 0.15) is 24.6 Å². The molecule has 0 unspecified atom stereocenters. The first-order chi connectivity index (χ1) is 19.4. The maximum absolute atomic E-state index is 13.1. The van der Waals surface area contributed by atoms with E-state index in [9.17, 15) is 14.4 Å². The van der Waals surface area contributed by atoms with Crippen molar-refractivity contribution in [3.8, 4) is 11.4 Å². The minimum Gasteiger partial charge on any atom is -0.378 e. The van der Waals surface area contributed by atoms with Crippen molar-refractivity contribution in [3.63, 3.8) is 0 Å². The van der Waals surface area contributed by atoms with Crippen LogP contribution in [0.2, 0.25) is 0 Å². The van der Waals surface area contributed by atoms with Gasteiger partial charge >= 0.3 is 0 Å². The van der Waals surface area contributed by atoms with E-state index in [0.29, 0.717) is 57.2 Å². The highest BCUT2D eigenvalue weighted by atomic mass is 32.1. The number of aromatic nitrogens is 4. The van der Waals surface area contributed by atoms with Gasteiger partial charge in [0.1, 0.15) is 6.04 Å². The number of imide groups is 1. The van der Waals surface area contributed by atoms with Crippen LogP contribution in [0, 0.1) is 0 Å². The maximum Gasteiger partial charge on any atom is 0.245 e. The molecule has 0 spiro atoms. The van der Waals surface area contributed by atoms with Crippen molar-refractivity contribution in [2.45, 2.75) is 32.4 Å². The zero-order valence-electron chi connectivity index (χ0n) is 22.3. The molecule has 3 aromatic rings. The van der Waals surface area contributed by atoms with E-state index in [0.717, 1.165) is 45.4 Å². The molecule has 3 amide bonds. The second-order valence-electron chi connectivity index (χ2n) is 10.2. The number of hydrogen-bond donors (Lipinski definition) is 1. The molecule has 14 heteroatoms. The molecule has 0 aliphatic carbocycles. The molecule has 3 aromatic heterocycles. The number of carbonyl (C=O) groups is 3. The van der Waals surface area contributed by atoms with E-state index < -0.39 is 6.04 Å². The van der Waals surface area contributed by atoms with Gasteiger partial charge in [-0.1, -0.05) is 0 Å². The predicted molar refractivity (Wildman–Crippen MR) is 148 cm³/mol. The Morgan fingerprint density at radius 3 is 2.50 bits per heavy atom. The molecular weight excluding hydrogens is 534 g/mol. The number of nitrogen functional groups attached to an aromatic ring is 1. The Morgan fingerprint density at radius 2 is 1.80 bits per heavy atom. The third-order valence-electron chi connectivity index (χ3n) is 7.55. The van der Waals surface area contributed by atoms with Crippen molar-refractivity contribution >= 4 is 51.0 Å². The molecule has 3 aliphatic rings. The Labute approximate surface area is 234 Å². The molecule has 210 valence electrons. The first kappa shape index (κ1) is 26.5. The summed E-state index contributed by atoms with van der Waals surface area (Å²) in [6.07, 6.45) is 3.91. The minimum absolute atomic E-state index is 0.132. The van der Waals surface area contributed by atoms with Crippen LogP contribution in [0.3, 0.4) is 0 Å². The molecular formula is C26H31N9O4S. The van der Waals surface area contributed by atoms with E-state index in [1.165, 1.54) is 6.92 Å². The van der Waals surface area contributed by atoms with Gasteiger partial charge in [-0.05, 0) is 12.5 Å². The minimum atomic E-state index is -0.669. The molecule has 6 rings (SSSR count). The standard InChI is InChI=1S/C26H31N9O4S/c1-16(36)35-20(2-3-21(35)37)25(38)34-6-4-32(5-7-34)15-18-12-19-22(40-18)24(33-8-10-39-11-9-33)31-23(30-19)17-13-28-26(27)29-14-17/h12-14,20H,2-11,15H2,1H3,(H2,27,28,29)/t20-/m1/s1. The van der Waals surface area contributed by atoms with Gasteiger partial charge in [-0.3, -0.25) is 24.2 Å². The first-order valence-corrected chi connectivity index (χ1v) is 14.2. The number of hydrogen-bond acceptors (Lipinski definition) is 12. The van der Waals surface area contributed by atoms with Crippen LogP contribution in [0.5, 0.6) is 0 Å². The van der Waals surface area contributed by atoms with Crippen LogP contribution in [-0.2, 0) is 25.7 Å². The number of ether oxygens (including phenoxy) is 1. The Kier molecular flexibility index (Phi) is 7.29. The fourth-order valence-electron chi connectivity index (χ4n) is 5.48. The third-order valence-corrected chi connectivity index (χ3v) is 8.65. The fraction of sp³-hybridized carbons (Fsp3) is 0.500. The number of carbonyl (C=O) groups excluding carboxylic acids is 3. The third kappa shape index (κ3) is 5.21. The summed E-state index contributed by atoms with van der Waals surface area (Å²) in [4.78, 5) is 63.7. The number of piperazine rings is 1. The van der Waals surface area contributed by atoms with E-state index in [-0.39, 0.29) is 30.1 Å². The molecule has 6 heterocycles. The molecule has 0 radical (unpaired) electrons. The number of amides is 3. The van der Waals surface area contributed by atoms with E-state index in [1.807, 2.05) is 0 Å². The highest BCUT2D eigenvalue weighted by molar-refractivity contribution is 7.19. The molecule has 0 bridgehead atoms. The number of nitrogens with two attached hydrogens (primary N) is 1. The molecule has 13 nitrogen and oxygen atoms in total. The highest BCUT2D eigenvalue weighted by Crippen LogP contribution is 2.35. The van der Waals surface area contributed by atoms with Gasteiger partial charge in [0, 0.05) is 76.4 Å². The second-order valence-corrected chi connectivity index (χ2v) is 11.3. The topological polar surface area (TPSA) is 151 Å². The highest BCUT2D eigenvalue weighted by Gasteiger charge is 2.41. The van der Waals surface area contributed by atoms with Gasteiger partial charge in [-0.25, -0.2) is 19.9 Å². The van der Waals surface area contributed by atoms with E-state index >= 15 is 0 Å². The molecule has 2 N–H and O–H groups in total. The van der Waals surface area contributed by atoms with Crippen LogP contribution in [0.4, 0.5) is 11.8 Å². The van der Waals surface area contributed by atoms with E-state index in [2.05, 4.69) is 25.8 Å². The van der Waals surface area contributed by atoms with Gasteiger partial charge in [-0.15, -0.1) is 11.3 Å². The van der Waals surface area contributed by atoms with Crippen LogP contribution in [0.15, 0.2) is 18.5 Å². The number of rotatable bonds is 5. The Morgan fingerprint density at radius 1 is 1.07 bits per heavy atom. The zero-order chi connectivity index (χ0) is 27.8. The number of thiophene rings is 1. The molecule has 0 aromatic carbocycles. The van der Waals surface area contributed by atoms with Gasteiger partial charge < -0.3 is 20.3 Å². The summed E-state index contributed by atoms with van der Waals surface area (Å²) in [6.45, 7) is 7.38. The summed E-state index contributed by atoms with van der Waals surface area (Å²) < 4.78 is 6.59. The molecule has 3 saturated heterocycles. The van der Waals surface area contributed by atoms with Crippen LogP contribution in [-0.4, -0.2) is 111 Å². The first-order valence-electron chi connectivity index (χ1n) is 13.4. The molecule has 3 fully saturated rings. The van der Waals surface area contributed by atoms with Crippen molar-refractivity contribution < 1.29 is 19.1 Å². The number of fused-ring (bicyclic) bond motifs is 1. The van der Waals surface area contributed by atoms with Crippen LogP contribution >= 0.6 is 11.3 Å². The SMILES string of the molecule is CC(=O)N1C(=O)CC[C@@H]1C(=O)N1CCN(Cc2cc3nc(-c4cnc(N)nc4)nc(N4CCOCC4)c3s2)CC1. The molecule has 0 saturated carbocycles. The summed E-state index contributed by atoms with van der Waals surface area (Å²) in [5.74, 6) is 0.873. The number of morpholine rings is 1. The lowest BCUT2D eigenvalue weighted by Gasteiger charge is -2.36. The summed E-state index contributed by atoms with van der Waals surface area (Å²) >= 11 is 1.69. The average Bonchev–Trinajstić information content (AvgIpc) is 3.56. The van der Waals surface area contributed by atoms with Gasteiger partial charge in [0.15, 0.2) is 11.6 Å². The van der Waals surface area contributed by atoms with E-state index in [1.54, 1.807) is 28.6 Å². The Balaban J connectivity index is 1.18. The zero-order valence-corrected chi connectivity index (χ0v) is 23.1. The van der Waals surface area contributed by atoms with Crippen molar-refractivity contribution in [1.82, 2.24) is 34.6 Å². The van der Waals surface area contributed by atoms with Crippen molar-refractivity contribution in [1.29, 1.82) is 0 Å². The van der Waals surface area contributed by atoms with Crippen molar-refractivity contribution in [3.05, 3.63) is 23.3 Å². The fourth-order valence-corrected chi connectivity index (χ4v) is 6.64. The normalized spacial score (nSPS) is 20.5. The lowest BCUT2D eigenvalue weighted by molar-refractivity contribution is -0.150.